The molecule has 0 fully saturated rings. The molecular formula is C18H24FN5O4S2. The van der Waals surface area contributed by atoms with E-state index in [2.05, 4.69) is 25.0 Å². The minimum absolute atomic E-state index is 0.0517. The van der Waals surface area contributed by atoms with Gasteiger partial charge in [0.25, 0.3) is 0 Å². The number of halogens is 1. The Morgan fingerprint density at radius 1 is 1.20 bits per heavy atom. The minimum atomic E-state index is -3.65. The van der Waals surface area contributed by atoms with Gasteiger partial charge in [0, 0.05) is 0 Å². The van der Waals surface area contributed by atoms with Gasteiger partial charge >= 0.3 is 0 Å². The summed E-state index contributed by atoms with van der Waals surface area (Å²) < 4.78 is 39.1. The Morgan fingerprint density at radius 2 is 1.87 bits per heavy atom. The van der Waals surface area contributed by atoms with Crippen LogP contribution in [0, 0.1) is 11.7 Å². The molecule has 0 amide bonds. The van der Waals surface area contributed by atoms with Gasteiger partial charge in [-0.15, -0.1) is 0 Å². The molecule has 0 aliphatic rings. The molecule has 0 unspecified atom stereocenters. The molecule has 9 nitrogen and oxygen atoms in total. The molecule has 3 N–H and O–H groups in total. The van der Waals surface area contributed by atoms with Crippen molar-refractivity contribution < 1.29 is 22.7 Å². The van der Waals surface area contributed by atoms with E-state index in [1.807, 2.05) is 13.8 Å². The summed E-state index contributed by atoms with van der Waals surface area (Å²) in [6.07, 6.45) is 1.58. The van der Waals surface area contributed by atoms with Gasteiger partial charge < -0.3 is 10.4 Å². The number of hydrogen-bond donors (Lipinski definition) is 3. The average molecular weight is 458 g/mol. The van der Waals surface area contributed by atoms with Crippen molar-refractivity contribution in [3.63, 3.8) is 0 Å². The van der Waals surface area contributed by atoms with E-state index in [0.717, 1.165) is 18.0 Å². The number of thioether (sulfide) groups is 1. The molecule has 0 bridgehead atoms. The summed E-state index contributed by atoms with van der Waals surface area (Å²) in [5.74, 6) is -1.12. The third kappa shape index (κ3) is 7.84. The number of nitrogens with one attached hydrogen (secondary N) is 2. The van der Waals surface area contributed by atoms with E-state index in [9.17, 15) is 22.7 Å². The van der Waals surface area contributed by atoms with Crippen LogP contribution in [0.2, 0.25) is 0 Å². The predicted octanol–water partition coefficient (Wildman–Crippen LogP) is 2.18. The van der Waals surface area contributed by atoms with Crippen LogP contribution in [0.15, 0.2) is 29.4 Å². The monoisotopic (exact) mass is 457 g/mol. The predicted molar refractivity (Wildman–Crippen MR) is 114 cm³/mol. The molecule has 0 saturated heterocycles. The maximum atomic E-state index is 13.8. The van der Waals surface area contributed by atoms with Gasteiger partial charge in [-0.1, -0.05) is 37.7 Å². The number of hydrogen-bond acceptors (Lipinski definition) is 9. The lowest BCUT2D eigenvalue weighted by atomic mass is 10.0. The molecule has 1 atom stereocenters. The Morgan fingerprint density at radius 3 is 2.47 bits per heavy atom. The zero-order chi connectivity index (χ0) is 22.3. The molecule has 164 valence electrons. The van der Waals surface area contributed by atoms with Crippen molar-refractivity contribution in [1.29, 1.82) is 0 Å². The molecule has 0 aliphatic carbocycles. The normalized spacial score (nSPS) is 12.6. The number of anilines is 2. The zero-order valence-corrected chi connectivity index (χ0v) is 18.4. The van der Waals surface area contributed by atoms with Crippen LogP contribution in [0.3, 0.4) is 0 Å². The fraction of sp³-hybridized carbons (Fsp3) is 0.444. The maximum Gasteiger partial charge on any atom is 0.242 e. The first-order valence-corrected chi connectivity index (χ1v) is 12.0. The van der Waals surface area contributed by atoms with Crippen molar-refractivity contribution in [3.8, 4) is 0 Å². The Balaban J connectivity index is 2.23. The van der Waals surface area contributed by atoms with Crippen LogP contribution in [0.25, 0.3) is 0 Å². The zero-order valence-electron chi connectivity index (χ0n) is 16.8. The summed E-state index contributed by atoms with van der Waals surface area (Å²) in [4.78, 5) is 24.5. The van der Waals surface area contributed by atoms with Gasteiger partial charge in [0.1, 0.15) is 5.82 Å². The van der Waals surface area contributed by atoms with Crippen molar-refractivity contribution in [2.24, 2.45) is 5.92 Å². The van der Waals surface area contributed by atoms with Crippen molar-refractivity contribution in [1.82, 2.24) is 15.0 Å². The molecule has 2 rings (SSSR count). The standard InChI is InChI=1S/C18H24FN5O4S2/c1-11(2)8-12(9-25)20-16-21-17(24-30(3,27)28)23-18(22-16)29-10-15(26)13-6-4-5-7-14(13)19/h4-7,11-12,25H,8-10H2,1-3H3,(H2,20,21,22,23,24)/t12-/m1/s1. The molecule has 0 radical (unpaired) electrons. The first-order valence-electron chi connectivity index (χ1n) is 9.09. The van der Waals surface area contributed by atoms with Crippen molar-refractivity contribution in [3.05, 3.63) is 35.6 Å². The van der Waals surface area contributed by atoms with E-state index in [4.69, 9.17) is 0 Å². The van der Waals surface area contributed by atoms with Gasteiger partial charge in [-0.2, -0.15) is 15.0 Å². The minimum Gasteiger partial charge on any atom is -0.394 e. The Hall–Kier alpha value is -2.31. The highest BCUT2D eigenvalue weighted by molar-refractivity contribution is 7.99. The van der Waals surface area contributed by atoms with Crippen LogP contribution in [-0.2, 0) is 10.0 Å². The SMILES string of the molecule is CC(C)C[C@H](CO)Nc1nc(NS(C)(=O)=O)nc(SCC(=O)c2ccccc2F)n1. The first kappa shape index (κ1) is 24.0. The van der Waals surface area contributed by atoms with Crippen LogP contribution >= 0.6 is 11.8 Å². The second-order valence-electron chi connectivity index (χ2n) is 6.98. The van der Waals surface area contributed by atoms with Crippen LogP contribution < -0.4 is 10.0 Å². The van der Waals surface area contributed by atoms with Crippen molar-refractivity contribution in [2.45, 2.75) is 31.5 Å². The topological polar surface area (TPSA) is 134 Å². The van der Waals surface area contributed by atoms with Gasteiger partial charge in [0.05, 0.1) is 30.2 Å². The number of sulfonamides is 1. The van der Waals surface area contributed by atoms with Gasteiger partial charge in [-0.25, -0.2) is 12.8 Å². The second kappa shape index (κ2) is 10.6. The molecule has 1 aromatic heterocycles. The quantitative estimate of drug-likeness (QED) is 0.343. The van der Waals surface area contributed by atoms with Crippen LogP contribution in [0.1, 0.15) is 30.6 Å². The summed E-state index contributed by atoms with van der Waals surface area (Å²) in [5.41, 5.74) is -0.0517. The number of benzene rings is 1. The highest BCUT2D eigenvalue weighted by atomic mass is 32.2. The first-order chi connectivity index (χ1) is 14.1. The van der Waals surface area contributed by atoms with E-state index in [0.29, 0.717) is 6.42 Å². The number of nitrogens with zero attached hydrogens (tertiary/aromatic N) is 3. The molecule has 2 aromatic rings. The van der Waals surface area contributed by atoms with E-state index in [1.54, 1.807) is 6.07 Å². The Kier molecular flexibility index (Phi) is 8.50. The Bertz CT molecular complexity index is 988. The smallest absolute Gasteiger partial charge is 0.242 e. The van der Waals surface area contributed by atoms with Gasteiger partial charge in [-0.05, 0) is 24.5 Å². The number of ketones is 1. The van der Waals surface area contributed by atoms with E-state index in [-0.39, 0.29) is 46.9 Å². The molecule has 1 aromatic carbocycles. The average Bonchev–Trinajstić information content (AvgIpc) is 2.64. The van der Waals surface area contributed by atoms with Gasteiger partial charge in [0.15, 0.2) is 10.9 Å². The van der Waals surface area contributed by atoms with E-state index >= 15 is 0 Å². The molecule has 0 spiro atoms. The molecular weight excluding hydrogens is 433 g/mol. The summed E-state index contributed by atoms with van der Waals surface area (Å²) in [7, 11) is -3.65. The molecule has 12 heteroatoms. The van der Waals surface area contributed by atoms with Crippen LogP contribution in [0.4, 0.5) is 16.3 Å². The van der Waals surface area contributed by atoms with Gasteiger partial charge in [-0.3, -0.25) is 9.52 Å². The number of aliphatic hydroxyl groups excluding tert-OH is 1. The lowest BCUT2D eigenvalue weighted by Gasteiger charge is -2.18. The maximum absolute atomic E-state index is 13.8. The second-order valence-corrected chi connectivity index (χ2v) is 9.68. The number of rotatable bonds is 11. The van der Waals surface area contributed by atoms with Crippen LogP contribution in [0.5, 0.6) is 0 Å². The van der Waals surface area contributed by atoms with E-state index in [1.165, 1.54) is 18.2 Å². The number of aromatic nitrogens is 3. The third-order valence-corrected chi connectivity index (χ3v) is 5.11. The van der Waals surface area contributed by atoms with E-state index < -0.39 is 21.6 Å². The summed E-state index contributed by atoms with van der Waals surface area (Å²) >= 11 is 0.919. The fourth-order valence-corrected chi connectivity index (χ4v) is 3.66. The largest absolute Gasteiger partial charge is 0.394 e. The lowest BCUT2D eigenvalue weighted by Crippen LogP contribution is -2.27. The molecule has 30 heavy (non-hydrogen) atoms. The van der Waals surface area contributed by atoms with Gasteiger partial charge in [0.2, 0.25) is 21.9 Å². The highest BCUT2D eigenvalue weighted by Crippen LogP contribution is 2.20. The number of Topliss-reactive ketones (excluding diaryl/α,β-unsaturated/α-hetero) is 1. The summed E-state index contributed by atoms with van der Waals surface area (Å²) in [5, 5.41) is 12.6. The summed E-state index contributed by atoms with van der Waals surface area (Å²) in [6.45, 7) is 3.81. The molecule has 0 aliphatic heterocycles. The fourth-order valence-electron chi connectivity index (χ4n) is 2.52. The third-order valence-electron chi connectivity index (χ3n) is 3.71. The van der Waals surface area contributed by atoms with Crippen molar-refractivity contribution in [2.75, 3.05) is 28.7 Å². The molecule has 1 heterocycles. The number of carbonyl (C=O) groups is 1. The lowest BCUT2D eigenvalue weighted by molar-refractivity contribution is 0.101. The molecule has 0 saturated carbocycles. The highest BCUT2D eigenvalue weighted by Gasteiger charge is 2.17. The summed E-state index contributed by atoms with van der Waals surface area (Å²) in [6, 6.07) is 5.27. The van der Waals surface area contributed by atoms with Crippen LogP contribution in [-0.4, -0.2) is 58.9 Å². The van der Waals surface area contributed by atoms with Crippen molar-refractivity contribution >= 4 is 39.5 Å². The Labute approximate surface area is 179 Å². The number of carbonyl (C=O) groups excluding carboxylic acids is 1. The number of aliphatic hydroxyl groups is 1.